The van der Waals surface area contributed by atoms with Crippen LogP contribution in [0.5, 0.6) is 0 Å². The van der Waals surface area contributed by atoms with Crippen LogP contribution in [-0.4, -0.2) is 37.5 Å². The molecule has 0 radical (unpaired) electrons. The van der Waals surface area contributed by atoms with Gasteiger partial charge in [0.05, 0.1) is 0 Å². The minimum absolute atomic E-state index is 0. The van der Waals surface area contributed by atoms with Crippen molar-refractivity contribution in [2.24, 2.45) is 17.6 Å². The van der Waals surface area contributed by atoms with E-state index in [2.05, 4.69) is 17.6 Å². The van der Waals surface area contributed by atoms with Crippen molar-refractivity contribution in [1.82, 2.24) is 16.0 Å². The Balaban J connectivity index is 0.00000400. The maximum absolute atomic E-state index is 11.7. The van der Waals surface area contributed by atoms with Crippen LogP contribution in [0, 0.1) is 11.8 Å². The molecule has 5 N–H and O–H groups in total. The number of halogens is 1. The third-order valence-electron chi connectivity index (χ3n) is 3.58. The molecule has 122 valence electrons. The van der Waals surface area contributed by atoms with Gasteiger partial charge in [-0.3, -0.25) is 14.9 Å². The number of primary amides is 1. The van der Waals surface area contributed by atoms with Crippen LogP contribution in [-0.2, 0) is 9.59 Å². The minimum atomic E-state index is -0.875. The summed E-state index contributed by atoms with van der Waals surface area (Å²) in [6.45, 7) is 4.32. The van der Waals surface area contributed by atoms with Gasteiger partial charge in [-0.15, -0.1) is 12.4 Å². The highest BCUT2D eigenvalue weighted by atomic mass is 35.5. The third-order valence-corrected chi connectivity index (χ3v) is 3.58. The number of nitrogens with one attached hydrogen (secondary N) is 3. The van der Waals surface area contributed by atoms with Crippen LogP contribution in [0.25, 0.3) is 0 Å². The first kappa shape index (κ1) is 19.7. The number of urea groups is 1. The maximum Gasteiger partial charge on any atom is 0.318 e. The Kier molecular flexibility index (Phi) is 9.73. The molecule has 1 aliphatic heterocycles. The third kappa shape index (κ3) is 8.52. The molecule has 0 saturated carbocycles. The Morgan fingerprint density at radius 1 is 1.33 bits per heavy atom. The molecule has 0 bridgehead atoms. The highest BCUT2D eigenvalue weighted by molar-refractivity contribution is 5.93. The van der Waals surface area contributed by atoms with Gasteiger partial charge in [-0.25, -0.2) is 4.79 Å². The predicted molar refractivity (Wildman–Crippen MR) is 82.0 cm³/mol. The number of hydrogen-bond donors (Lipinski definition) is 4. The molecule has 0 spiro atoms. The largest absolute Gasteiger partial charge is 0.356 e. The van der Waals surface area contributed by atoms with Crippen LogP contribution in [0.2, 0.25) is 0 Å². The Morgan fingerprint density at radius 3 is 2.62 bits per heavy atom. The molecular weight excluding hydrogens is 296 g/mol. The van der Waals surface area contributed by atoms with Crippen LogP contribution in [0.1, 0.15) is 32.6 Å². The van der Waals surface area contributed by atoms with E-state index >= 15 is 0 Å². The zero-order valence-corrected chi connectivity index (χ0v) is 13.1. The van der Waals surface area contributed by atoms with E-state index in [0.29, 0.717) is 18.3 Å². The van der Waals surface area contributed by atoms with E-state index in [1.807, 2.05) is 5.32 Å². The van der Waals surface area contributed by atoms with Crippen molar-refractivity contribution < 1.29 is 14.4 Å². The Labute approximate surface area is 131 Å². The first-order valence-electron chi connectivity index (χ1n) is 7.05. The molecular formula is C13H25ClN4O3. The number of imide groups is 1. The minimum Gasteiger partial charge on any atom is -0.356 e. The topological polar surface area (TPSA) is 113 Å². The number of piperidine rings is 1. The fraction of sp³-hybridized carbons (Fsp3) is 0.769. The van der Waals surface area contributed by atoms with Gasteiger partial charge in [-0.1, -0.05) is 6.92 Å². The summed E-state index contributed by atoms with van der Waals surface area (Å²) in [6.07, 6.45) is 2.82. The average Bonchev–Trinajstić information content (AvgIpc) is 2.38. The molecule has 4 amide bonds. The second-order valence-electron chi connectivity index (χ2n) is 5.30. The van der Waals surface area contributed by atoms with Gasteiger partial charge in [-0.05, 0) is 37.8 Å². The SMILES string of the molecule is CC(CC(=O)NCCC(=O)NC(N)=O)C1CCCNC1.Cl. The fourth-order valence-electron chi connectivity index (χ4n) is 2.41. The van der Waals surface area contributed by atoms with Crippen molar-refractivity contribution in [2.75, 3.05) is 19.6 Å². The summed E-state index contributed by atoms with van der Waals surface area (Å²) in [4.78, 5) is 33.3. The van der Waals surface area contributed by atoms with Gasteiger partial charge in [0.25, 0.3) is 0 Å². The molecule has 0 aliphatic carbocycles. The Morgan fingerprint density at radius 2 is 2.05 bits per heavy atom. The first-order chi connectivity index (χ1) is 9.49. The Hall–Kier alpha value is -1.34. The predicted octanol–water partition coefficient (Wildman–Crippen LogP) is 0.135. The second kappa shape index (κ2) is 10.4. The lowest BCUT2D eigenvalue weighted by Crippen LogP contribution is -2.38. The zero-order valence-electron chi connectivity index (χ0n) is 12.3. The average molecular weight is 321 g/mol. The molecule has 7 nitrogen and oxygen atoms in total. The van der Waals surface area contributed by atoms with Crippen LogP contribution in [0.4, 0.5) is 4.79 Å². The van der Waals surface area contributed by atoms with E-state index in [9.17, 15) is 14.4 Å². The molecule has 0 aromatic rings. The molecule has 1 heterocycles. The van der Waals surface area contributed by atoms with Crippen molar-refractivity contribution in [3.8, 4) is 0 Å². The fourth-order valence-corrected chi connectivity index (χ4v) is 2.41. The van der Waals surface area contributed by atoms with Gasteiger partial charge in [0.1, 0.15) is 0 Å². The summed E-state index contributed by atoms with van der Waals surface area (Å²) >= 11 is 0. The molecule has 8 heteroatoms. The van der Waals surface area contributed by atoms with Crippen molar-refractivity contribution in [3.05, 3.63) is 0 Å². The summed E-state index contributed by atoms with van der Waals surface area (Å²) in [6, 6.07) is -0.875. The summed E-state index contributed by atoms with van der Waals surface area (Å²) in [7, 11) is 0. The number of amides is 4. The molecule has 1 saturated heterocycles. The normalized spacial score (nSPS) is 19.0. The highest BCUT2D eigenvalue weighted by Crippen LogP contribution is 2.22. The number of nitrogens with two attached hydrogens (primary N) is 1. The van der Waals surface area contributed by atoms with Crippen LogP contribution < -0.4 is 21.7 Å². The van der Waals surface area contributed by atoms with E-state index in [1.54, 1.807) is 0 Å². The van der Waals surface area contributed by atoms with Gasteiger partial charge >= 0.3 is 6.03 Å². The first-order valence-corrected chi connectivity index (χ1v) is 7.05. The van der Waals surface area contributed by atoms with Gasteiger partial charge < -0.3 is 16.4 Å². The van der Waals surface area contributed by atoms with Gasteiger partial charge in [0.15, 0.2) is 0 Å². The van der Waals surface area contributed by atoms with Crippen molar-refractivity contribution >= 4 is 30.3 Å². The Bertz CT molecular complexity index is 359. The molecule has 0 aromatic heterocycles. The van der Waals surface area contributed by atoms with E-state index in [1.165, 1.54) is 0 Å². The lowest BCUT2D eigenvalue weighted by molar-refractivity contribution is -0.122. The molecule has 1 aliphatic rings. The van der Waals surface area contributed by atoms with Crippen LogP contribution in [0.3, 0.4) is 0 Å². The van der Waals surface area contributed by atoms with E-state index in [0.717, 1.165) is 25.9 Å². The standard InChI is InChI=1S/C13H24N4O3.ClH/c1-9(10-3-2-5-15-8-10)7-12(19)16-6-4-11(18)17-13(14)20;/h9-10,15H,2-8H2,1H3,(H,16,19)(H3,14,17,18,20);1H. The van der Waals surface area contributed by atoms with Crippen molar-refractivity contribution in [3.63, 3.8) is 0 Å². The summed E-state index contributed by atoms with van der Waals surface area (Å²) in [5.41, 5.74) is 4.81. The summed E-state index contributed by atoms with van der Waals surface area (Å²) in [5, 5.41) is 7.97. The summed E-state index contributed by atoms with van der Waals surface area (Å²) in [5.74, 6) is 0.312. The summed E-state index contributed by atoms with van der Waals surface area (Å²) < 4.78 is 0. The van der Waals surface area contributed by atoms with E-state index in [4.69, 9.17) is 5.73 Å². The monoisotopic (exact) mass is 320 g/mol. The van der Waals surface area contributed by atoms with Crippen LogP contribution >= 0.6 is 12.4 Å². The quantitative estimate of drug-likeness (QED) is 0.557. The number of carbonyl (C=O) groups is 3. The van der Waals surface area contributed by atoms with Gasteiger partial charge in [0, 0.05) is 19.4 Å². The zero-order chi connectivity index (χ0) is 15.0. The molecule has 2 unspecified atom stereocenters. The van der Waals surface area contributed by atoms with Crippen molar-refractivity contribution in [1.29, 1.82) is 0 Å². The molecule has 1 rings (SSSR count). The molecule has 0 aromatic carbocycles. The van der Waals surface area contributed by atoms with E-state index in [-0.39, 0.29) is 31.3 Å². The highest BCUT2D eigenvalue weighted by Gasteiger charge is 2.21. The van der Waals surface area contributed by atoms with Gasteiger partial charge in [-0.2, -0.15) is 0 Å². The lowest BCUT2D eigenvalue weighted by Gasteiger charge is -2.28. The maximum atomic E-state index is 11.7. The number of carbonyl (C=O) groups excluding carboxylic acids is 3. The molecule has 21 heavy (non-hydrogen) atoms. The van der Waals surface area contributed by atoms with Crippen LogP contribution in [0.15, 0.2) is 0 Å². The second-order valence-corrected chi connectivity index (χ2v) is 5.30. The number of hydrogen-bond acceptors (Lipinski definition) is 4. The molecule has 2 atom stereocenters. The van der Waals surface area contributed by atoms with Crippen molar-refractivity contribution in [2.45, 2.75) is 32.6 Å². The lowest BCUT2D eigenvalue weighted by atomic mass is 9.85. The smallest absolute Gasteiger partial charge is 0.318 e. The van der Waals surface area contributed by atoms with Gasteiger partial charge in [0.2, 0.25) is 11.8 Å². The number of rotatable bonds is 6. The molecule has 1 fully saturated rings. The van der Waals surface area contributed by atoms with E-state index < -0.39 is 11.9 Å².